The third kappa shape index (κ3) is 3.65. The van der Waals surface area contributed by atoms with Crippen molar-refractivity contribution in [3.05, 3.63) is 124 Å². The molecular weight excluding hydrogens is 499 g/mol. The van der Waals surface area contributed by atoms with Crippen LogP contribution in [0.4, 0.5) is 0 Å². The molecule has 3 heteroatoms. The van der Waals surface area contributed by atoms with Gasteiger partial charge in [-0.1, -0.05) is 91.0 Å². The molecule has 0 N–H and O–H groups in total. The van der Waals surface area contributed by atoms with Crippen molar-refractivity contribution in [2.45, 2.75) is 76.4 Å². The quantitative estimate of drug-likeness (QED) is 0.266. The van der Waals surface area contributed by atoms with Gasteiger partial charge < -0.3 is 9.31 Å². The minimum absolute atomic E-state index is 0.261. The molecule has 204 valence electrons. The first kappa shape index (κ1) is 25.3. The standard InChI is InChI=1S/C38H37BO2/c1-37(2)38(3,4)41-39(40-37)31-23-22-30-34-28(31)20-13-21-29(34)35-32(24-14-7-5-8-15-24)26-18-11-12-19-27(26)33(36(30)35)25-16-9-6-10-17-25/h6,9-14,16-23,35-36H,5,7-8,15H2,1-4H3. The molecule has 2 unspecified atom stereocenters. The molecule has 0 spiro atoms. The van der Waals surface area contributed by atoms with E-state index in [2.05, 4.69) is 119 Å². The summed E-state index contributed by atoms with van der Waals surface area (Å²) in [6, 6.07) is 31.9. The van der Waals surface area contributed by atoms with Gasteiger partial charge in [-0.05, 0) is 113 Å². The average molecular weight is 537 g/mol. The summed E-state index contributed by atoms with van der Waals surface area (Å²) in [7, 11) is -0.383. The topological polar surface area (TPSA) is 18.5 Å². The molecule has 1 saturated heterocycles. The molecule has 3 aliphatic carbocycles. The Balaban J connectivity index is 1.43. The molecule has 1 fully saturated rings. The van der Waals surface area contributed by atoms with Crippen LogP contribution in [-0.4, -0.2) is 18.3 Å². The zero-order chi connectivity index (χ0) is 27.9. The van der Waals surface area contributed by atoms with Crippen molar-refractivity contribution in [1.29, 1.82) is 0 Å². The highest BCUT2D eigenvalue weighted by atomic mass is 16.7. The number of benzene rings is 4. The van der Waals surface area contributed by atoms with E-state index in [0.717, 1.165) is 5.46 Å². The minimum Gasteiger partial charge on any atom is -0.399 e. The molecule has 4 aromatic rings. The average Bonchev–Trinajstić information content (AvgIpc) is 3.43. The largest absolute Gasteiger partial charge is 0.495 e. The summed E-state index contributed by atoms with van der Waals surface area (Å²) < 4.78 is 13.2. The normalized spacial score (nSPS) is 23.9. The van der Waals surface area contributed by atoms with E-state index >= 15 is 0 Å². The van der Waals surface area contributed by atoms with Crippen molar-refractivity contribution in [3.8, 4) is 0 Å². The minimum atomic E-state index is -0.383. The number of allylic oxidation sites excluding steroid dienone is 2. The SMILES string of the molecule is CC1(C)OB(c2ccc3c4c(cccc24)C2C(C4=CCCCC4)=c4ccccc4=C(c4ccccc4)C32)OC1(C)C. The summed E-state index contributed by atoms with van der Waals surface area (Å²) in [4.78, 5) is 0. The number of hydrogen-bond donors (Lipinski definition) is 0. The summed E-state index contributed by atoms with van der Waals surface area (Å²) in [5.41, 5.74) is 9.15. The fraction of sp³-hybridized carbons (Fsp3) is 0.316. The maximum Gasteiger partial charge on any atom is 0.495 e. The van der Waals surface area contributed by atoms with Crippen molar-refractivity contribution in [1.82, 2.24) is 0 Å². The molecule has 0 aromatic heterocycles. The molecular formula is C38H37BO2. The van der Waals surface area contributed by atoms with Crippen LogP contribution in [0.2, 0.25) is 0 Å². The second-order valence-electron chi connectivity index (χ2n) is 13.3. The lowest BCUT2D eigenvalue weighted by molar-refractivity contribution is 0.00578. The van der Waals surface area contributed by atoms with Gasteiger partial charge in [-0.2, -0.15) is 0 Å². The van der Waals surface area contributed by atoms with Crippen molar-refractivity contribution < 1.29 is 9.31 Å². The van der Waals surface area contributed by atoms with Crippen LogP contribution in [0.15, 0.2) is 96.6 Å². The van der Waals surface area contributed by atoms with Crippen LogP contribution in [-0.2, 0) is 9.31 Å². The Labute approximate surface area is 243 Å². The molecule has 4 aromatic carbocycles. The molecule has 2 nitrogen and oxygen atoms in total. The summed E-state index contributed by atoms with van der Waals surface area (Å²) in [5, 5.41) is 5.46. The predicted molar refractivity (Wildman–Crippen MR) is 170 cm³/mol. The van der Waals surface area contributed by atoms with Crippen LogP contribution in [0, 0.1) is 0 Å². The van der Waals surface area contributed by atoms with E-state index in [1.54, 1.807) is 11.1 Å². The lowest BCUT2D eigenvalue weighted by atomic mass is 9.69. The van der Waals surface area contributed by atoms with E-state index in [1.165, 1.54) is 69.2 Å². The van der Waals surface area contributed by atoms with E-state index in [9.17, 15) is 0 Å². The van der Waals surface area contributed by atoms with Crippen molar-refractivity contribution in [2.24, 2.45) is 0 Å². The first-order valence-electron chi connectivity index (χ1n) is 15.3. The number of fused-ring (bicyclic) bond motifs is 4. The van der Waals surface area contributed by atoms with Gasteiger partial charge in [0.05, 0.1) is 11.2 Å². The van der Waals surface area contributed by atoms with Gasteiger partial charge in [0.2, 0.25) is 0 Å². The molecule has 0 radical (unpaired) electrons. The van der Waals surface area contributed by atoms with Gasteiger partial charge in [-0.3, -0.25) is 0 Å². The molecule has 0 amide bonds. The molecule has 41 heavy (non-hydrogen) atoms. The van der Waals surface area contributed by atoms with E-state index in [-0.39, 0.29) is 30.2 Å². The Bertz CT molecular complexity index is 1850. The Morgan fingerprint density at radius 1 is 0.659 bits per heavy atom. The van der Waals surface area contributed by atoms with Crippen LogP contribution < -0.4 is 15.9 Å². The van der Waals surface area contributed by atoms with Gasteiger partial charge in [0, 0.05) is 11.8 Å². The van der Waals surface area contributed by atoms with Crippen LogP contribution >= 0.6 is 0 Å². The van der Waals surface area contributed by atoms with Crippen LogP contribution in [0.5, 0.6) is 0 Å². The van der Waals surface area contributed by atoms with Crippen molar-refractivity contribution in [2.75, 3.05) is 0 Å². The van der Waals surface area contributed by atoms with Gasteiger partial charge >= 0.3 is 7.12 Å². The lowest BCUT2D eigenvalue weighted by Crippen LogP contribution is -2.41. The first-order chi connectivity index (χ1) is 19.9. The maximum absolute atomic E-state index is 6.59. The van der Waals surface area contributed by atoms with Gasteiger partial charge in [0.25, 0.3) is 0 Å². The molecule has 2 atom stereocenters. The summed E-state index contributed by atoms with van der Waals surface area (Å²) in [5.74, 6) is 0.550. The molecule has 4 aliphatic rings. The second kappa shape index (κ2) is 9.05. The Morgan fingerprint density at radius 2 is 1.32 bits per heavy atom. The van der Waals surface area contributed by atoms with Crippen molar-refractivity contribution in [3.63, 3.8) is 0 Å². The van der Waals surface area contributed by atoms with Crippen LogP contribution in [0.25, 0.3) is 21.9 Å². The highest BCUT2D eigenvalue weighted by Crippen LogP contribution is 2.57. The monoisotopic (exact) mass is 536 g/mol. The predicted octanol–water partition coefficient (Wildman–Crippen LogP) is 6.88. The van der Waals surface area contributed by atoms with Crippen LogP contribution in [0.3, 0.4) is 0 Å². The van der Waals surface area contributed by atoms with Gasteiger partial charge in [0.15, 0.2) is 0 Å². The fourth-order valence-corrected chi connectivity index (χ4v) is 7.88. The zero-order valence-corrected chi connectivity index (χ0v) is 24.5. The Hall–Kier alpha value is -3.40. The zero-order valence-electron chi connectivity index (χ0n) is 24.5. The third-order valence-electron chi connectivity index (χ3n) is 10.5. The number of rotatable bonds is 3. The fourth-order valence-electron chi connectivity index (χ4n) is 7.88. The Morgan fingerprint density at radius 3 is 2.02 bits per heavy atom. The molecule has 1 heterocycles. The van der Waals surface area contributed by atoms with E-state index in [1.807, 2.05) is 0 Å². The highest BCUT2D eigenvalue weighted by Gasteiger charge is 2.52. The summed E-state index contributed by atoms with van der Waals surface area (Å²) in [6.07, 6.45) is 7.45. The molecule has 8 rings (SSSR count). The van der Waals surface area contributed by atoms with E-state index in [0.29, 0.717) is 0 Å². The first-order valence-corrected chi connectivity index (χ1v) is 15.3. The van der Waals surface area contributed by atoms with Gasteiger partial charge in [-0.15, -0.1) is 0 Å². The van der Waals surface area contributed by atoms with E-state index < -0.39 is 0 Å². The Kier molecular flexibility index (Phi) is 5.59. The van der Waals surface area contributed by atoms with Gasteiger partial charge in [0.1, 0.15) is 0 Å². The maximum atomic E-state index is 6.59. The summed E-state index contributed by atoms with van der Waals surface area (Å²) >= 11 is 0. The highest BCUT2D eigenvalue weighted by molar-refractivity contribution is 6.65. The molecule has 0 saturated carbocycles. The lowest BCUT2D eigenvalue weighted by Gasteiger charge is -2.33. The van der Waals surface area contributed by atoms with Crippen LogP contribution in [0.1, 0.15) is 81.9 Å². The van der Waals surface area contributed by atoms with Crippen molar-refractivity contribution >= 4 is 34.5 Å². The van der Waals surface area contributed by atoms with E-state index in [4.69, 9.17) is 9.31 Å². The molecule has 1 aliphatic heterocycles. The third-order valence-corrected chi connectivity index (χ3v) is 10.5. The summed E-state index contributed by atoms with van der Waals surface area (Å²) in [6.45, 7) is 8.55. The number of hydrogen-bond acceptors (Lipinski definition) is 2. The second-order valence-corrected chi connectivity index (χ2v) is 13.3. The van der Waals surface area contributed by atoms with Gasteiger partial charge in [-0.25, -0.2) is 0 Å². The smallest absolute Gasteiger partial charge is 0.399 e. The molecule has 0 bridgehead atoms.